The number of carbonyl (C=O) groups is 6. The maximum Gasteiger partial charge on any atom is 0.335 e. The van der Waals surface area contributed by atoms with E-state index in [1.807, 2.05) is 0 Å². The molecule has 0 aliphatic carbocycles. The first-order valence-corrected chi connectivity index (χ1v) is 6.85. The van der Waals surface area contributed by atoms with E-state index >= 15 is 0 Å². The Hall–Kier alpha value is -0.759. The molecule has 0 heterocycles. The molecule has 6 atom stereocenters. The van der Waals surface area contributed by atoms with Gasteiger partial charge in [-0.2, -0.15) is 0 Å². The van der Waals surface area contributed by atoms with E-state index in [-0.39, 0.29) is 87.2 Å². The smallest absolute Gasteiger partial charge is 0.335 e. The molecule has 0 spiro atoms. The molecule has 0 aliphatic rings. The fourth-order valence-corrected chi connectivity index (χ4v) is 0.810. The van der Waals surface area contributed by atoms with E-state index in [0.29, 0.717) is 0 Å². The molecule has 14 N–H and O–H groups in total. The van der Waals surface area contributed by atoms with Crippen LogP contribution >= 0.6 is 0 Å². The minimum atomic E-state index is -2.27. The average molecular weight is 757 g/mol. The normalized spacial score (nSPS) is 14.4. The van der Waals surface area contributed by atoms with Crippen molar-refractivity contribution in [3.8, 4) is 0 Å². The van der Waals surface area contributed by atoms with Crippen LogP contribution in [0.15, 0.2) is 0 Å². The van der Waals surface area contributed by atoms with Crippen molar-refractivity contribution in [1.29, 1.82) is 0 Å². The van der Waals surface area contributed by atoms with Gasteiger partial charge in [0.05, 0.1) is 0 Å². The molecular weight excluding hydrogens is 737 g/mol. The van der Waals surface area contributed by atoms with Gasteiger partial charge in [-0.15, -0.1) is 0 Å². The standard InChI is InChI=1S/3C4H6O6.2Nd.H2O/c3*5-1(3(7)8)2(6)4(9)10;;;/h3*1-2,5-6H,(H,7,8)(H,9,10);;;1H2. The zero-order valence-corrected chi connectivity index (χ0v) is 22.2. The van der Waals surface area contributed by atoms with Crippen LogP contribution in [0, 0.1) is 81.7 Å². The van der Waals surface area contributed by atoms with Gasteiger partial charge in [-0.25, -0.2) is 28.8 Å². The first kappa shape index (κ1) is 45.7. The van der Waals surface area contributed by atoms with E-state index in [2.05, 4.69) is 0 Å². The van der Waals surface area contributed by atoms with E-state index in [0.717, 1.165) is 0 Å². The fourth-order valence-electron chi connectivity index (χ4n) is 0.810. The van der Waals surface area contributed by atoms with Crippen LogP contribution in [0.2, 0.25) is 0 Å². The van der Waals surface area contributed by atoms with Crippen molar-refractivity contribution in [3.05, 3.63) is 0 Å². The molecular formula is C12H20Nd2O19. The summed E-state index contributed by atoms with van der Waals surface area (Å²) in [6.07, 6.45) is -13.6. The van der Waals surface area contributed by atoms with Gasteiger partial charge >= 0.3 is 35.8 Å². The molecule has 190 valence electrons. The minimum absolute atomic E-state index is 0. The molecule has 0 radical (unpaired) electrons. The molecule has 33 heavy (non-hydrogen) atoms. The minimum Gasteiger partial charge on any atom is -0.479 e. The van der Waals surface area contributed by atoms with Gasteiger partial charge in [0.15, 0.2) is 36.6 Å². The van der Waals surface area contributed by atoms with Crippen LogP contribution in [0.3, 0.4) is 0 Å². The number of aliphatic hydroxyl groups excluding tert-OH is 6. The molecule has 0 amide bonds. The van der Waals surface area contributed by atoms with Crippen LogP contribution in [-0.2, 0) is 28.8 Å². The third kappa shape index (κ3) is 21.5. The van der Waals surface area contributed by atoms with Crippen molar-refractivity contribution in [2.24, 2.45) is 0 Å². The van der Waals surface area contributed by atoms with Crippen molar-refractivity contribution in [2.45, 2.75) is 36.6 Å². The Balaban J connectivity index is -0.0000000792. The summed E-state index contributed by atoms with van der Waals surface area (Å²) in [6.45, 7) is 0. The molecule has 0 aromatic rings. The largest absolute Gasteiger partial charge is 0.479 e. The SMILES string of the molecule is O.O=C(O)C(O)C(O)C(=O)O.O=C(O)C(O)C(O)C(=O)O.O=C(O)C(O)C(O)C(=O)O.[Nd].[Nd]. The topological polar surface area (TPSA) is 377 Å². The molecule has 0 aromatic carbocycles. The summed E-state index contributed by atoms with van der Waals surface area (Å²) < 4.78 is 0. The molecule has 0 rings (SSSR count). The first-order valence-electron chi connectivity index (χ1n) is 6.85. The van der Waals surface area contributed by atoms with Crippen LogP contribution in [-0.4, -0.2) is 139 Å². The molecule has 0 aromatic heterocycles. The summed E-state index contributed by atoms with van der Waals surface area (Å²) in [7, 11) is 0. The molecule has 19 nitrogen and oxygen atoms in total. The Bertz CT molecular complexity index is 499. The second kappa shape index (κ2) is 23.0. The third-order valence-corrected chi connectivity index (χ3v) is 2.42. The summed E-state index contributed by atoms with van der Waals surface area (Å²) in [5.74, 6) is -10.6. The van der Waals surface area contributed by atoms with Crippen molar-refractivity contribution in [2.75, 3.05) is 0 Å². The molecule has 0 fully saturated rings. The maximum atomic E-state index is 9.77. The van der Waals surface area contributed by atoms with Crippen LogP contribution in [0.4, 0.5) is 0 Å². The van der Waals surface area contributed by atoms with Gasteiger partial charge in [-0.1, -0.05) is 0 Å². The number of aliphatic hydroxyl groups is 6. The van der Waals surface area contributed by atoms with Gasteiger partial charge < -0.3 is 66.8 Å². The Morgan fingerprint density at radius 2 is 0.394 bits per heavy atom. The summed E-state index contributed by atoms with van der Waals surface area (Å²) in [5, 5.41) is 97.6. The third-order valence-electron chi connectivity index (χ3n) is 2.42. The number of hydrogen-bond donors (Lipinski definition) is 12. The number of rotatable bonds is 9. The van der Waals surface area contributed by atoms with Crippen molar-refractivity contribution in [3.63, 3.8) is 0 Å². The van der Waals surface area contributed by atoms with Gasteiger partial charge in [-0.05, 0) is 0 Å². The molecule has 0 saturated heterocycles. The predicted molar refractivity (Wildman–Crippen MR) is 85.5 cm³/mol. The van der Waals surface area contributed by atoms with E-state index < -0.39 is 72.4 Å². The Morgan fingerprint density at radius 3 is 0.424 bits per heavy atom. The van der Waals surface area contributed by atoms with E-state index in [1.54, 1.807) is 0 Å². The van der Waals surface area contributed by atoms with Crippen molar-refractivity contribution < 1.29 is 177 Å². The molecule has 0 bridgehead atoms. The van der Waals surface area contributed by atoms with Crippen molar-refractivity contribution >= 4 is 35.8 Å². The monoisotopic (exact) mass is 752 g/mol. The van der Waals surface area contributed by atoms with E-state index in [9.17, 15) is 28.8 Å². The number of carboxylic acids is 6. The summed E-state index contributed by atoms with van der Waals surface area (Å²) in [6, 6.07) is 0. The van der Waals surface area contributed by atoms with E-state index in [1.165, 1.54) is 0 Å². The first-order chi connectivity index (χ1) is 13.4. The van der Waals surface area contributed by atoms with Crippen LogP contribution in [0.5, 0.6) is 0 Å². The Labute approximate surface area is 247 Å². The van der Waals surface area contributed by atoms with E-state index in [4.69, 9.17) is 61.3 Å². The van der Waals surface area contributed by atoms with Crippen LogP contribution < -0.4 is 0 Å². The molecule has 6 unspecified atom stereocenters. The number of aliphatic carboxylic acids is 6. The quantitative estimate of drug-likeness (QED) is 0.104. The van der Waals surface area contributed by atoms with Crippen LogP contribution in [0.25, 0.3) is 0 Å². The predicted octanol–water partition coefficient (Wildman–Crippen LogP) is -7.19. The van der Waals surface area contributed by atoms with Gasteiger partial charge in [0.2, 0.25) is 0 Å². The van der Waals surface area contributed by atoms with Gasteiger partial charge in [-0.3, -0.25) is 0 Å². The molecule has 0 aliphatic heterocycles. The van der Waals surface area contributed by atoms with Gasteiger partial charge in [0.1, 0.15) is 0 Å². The maximum absolute atomic E-state index is 9.77. The summed E-state index contributed by atoms with van der Waals surface area (Å²) >= 11 is 0. The molecule has 0 saturated carbocycles. The van der Waals surface area contributed by atoms with Crippen LogP contribution in [0.1, 0.15) is 0 Å². The Morgan fingerprint density at radius 1 is 0.333 bits per heavy atom. The second-order valence-electron chi connectivity index (χ2n) is 4.70. The fraction of sp³-hybridized carbons (Fsp3) is 0.500. The van der Waals surface area contributed by atoms with Gasteiger partial charge in [0, 0.05) is 81.7 Å². The summed E-state index contributed by atoms with van der Waals surface area (Å²) in [5.41, 5.74) is 0. The van der Waals surface area contributed by atoms with Gasteiger partial charge in [0.25, 0.3) is 0 Å². The second-order valence-corrected chi connectivity index (χ2v) is 4.70. The number of carboxylic acid groups (broad SMARTS) is 6. The Kier molecular flexibility index (Phi) is 31.9. The van der Waals surface area contributed by atoms with Crippen molar-refractivity contribution in [1.82, 2.24) is 0 Å². The summed E-state index contributed by atoms with van der Waals surface area (Å²) in [4.78, 5) is 58.6. The average Bonchev–Trinajstić information content (AvgIpc) is 2.64. The zero-order chi connectivity index (χ0) is 24.9. The number of hydrogen-bond acceptors (Lipinski definition) is 12. The molecule has 21 heteroatoms. The zero-order valence-electron chi connectivity index (χ0n) is 15.8.